The van der Waals surface area contributed by atoms with E-state index in [2.05, 4.69) is 15.6 Å². The molecule has 4 N–H and O–H groups in total. The summed E-state index contributed by atoms with van der Waals surface area (Å²) in [5.74, 6) is -0.825. The van der Waals surface area contributed by atoms with Gasteiger partial charge >= 0.3 is 0 Å². The number of nitrogens with zero attached hydrogens (tertiary/aromatic N) is 2. The number of anilines is 1. The summed E-state index contributed by atoms with van der Waals surface area (Å²) in [5.41, 5.74) is 1.02. The maximum Gasteiger partial charge on any atom is 0.274 e. The zero-order chi connectivity index (χ0) is 20.9. The first kappa shape index (κ1) is 19.4. The number of rotatable bonds is 3. The molecule has 3 aromatic rings. The summed E-state index contributed by atoms with van der Waals surface area (Å²) in [7, 11) is -4.10. The van der Waals surface area contributed by atoms with Crippen molar-refractivity contribution in [3.05, 3.63) is 52.8 Å². The molecule has 4 rings (SSSR count). The van der Waals surface area contributed by atoms with Crippen LogP contribution in [0.4, 0.5) is 5.69 Å². The van der Waals surface area contributed by atoms with Gasteiger partial charge in [0.05, 0.1) is 11.7 Å². The fourth-order valence-corrected chi connectivity index (χ4v) is 4.24. The van der Waals surface area contributed by atoms with Gasteiger partial charge in [0.25, 0.3) is 11.8 Å². The first-order chi connectivity index (χ1) is 13.6. The second-order valence-corrected chi connectivity index (χ2v) is 8.67. The molecule has 0 spiro atoms. The molecule has 0 saturated carbocycles. The van der Waals surface area contributed by atoms with Gasteiger partial charge in [-0.3, -0.25) is 9.59 Å². The number of aromatic nitrogens is 2. The van der Waals surface area contributed by atoms with E-state index >= 15 is 0 Å². The molecule has 0 saturated heterocycles. The number of fused-ring (bicyclic) bond motifs is 3. The van der Waals surface area contributed by atoms with Crippen LogP contribution in [-0.4, -0.2) is 36.3 Å². The largest absolute Gasteiger partial charge is 0.349 e. The number of halogens is 1. The molecule has 0 fully saturated rings. The number of hydrogen-bond acceptors (Lipinski definition) is 5. The average Bonchev–Trinajstić information content (AvgIpc) is 3.05. The van der Waals surface area contributed by atoms with E-state index in [1.165, 1.54) is 18.2 Å². The number of nitrogens with two attached hydrogens (primary N) is 1. The van der Waals surface area contributed by atoms with Gasteiger partial charge in [-0.05, 0) is 43.3 Å². The Morgan fingerprint density at radius 2 is 2.07 bits per heavy atom. The van der Waals surface area contributed by atoms with Gasteiger partial charge in [-0.15, -0.1) is 0 Å². The highest BCUT2D eigenvalue weighted by molar-refractivity contribution is 7.89. The van der Waals surface area contributed by atoms with Crippen molar-refractivity contribution in [1.82, 2.24) is 14.9 Å². The number of primary sulfonamides is 1. The quantitative estimate of drug-likeness (QED) is 0.579. The molecule has 1 atom stereocenters. The summed E-state index contributed by atoms with van der Waals surface area (Å²) in [6, 6.07) is 8.82. The third-order valence-corrected chi connectivity index (χ3v) is 5.83. The molecule has 2 amide bonds. The zero-order valence-corrected chi connectivity index (χ0v) is 16.7. The number of amides is 2. The van der Waals surface area contributed by atoms with Crippen LogP contribution >= 0.6 is 11.6 Å². The first-order valence-electron chi connectivity index (χ1n) is 8.59. The fourth-order valence-electron chi connectivity index (χ4n) is 3.29. The van der Waals surface area contributed by atoms with Crippen LogP contribution in [0.5, 0.6) is 0 Å². The molecule has 0 bridgehead atoms. The van der Waals surface area contributed by atoms with Gasteiger partial charge in [-0.1, -0.05) is 11.6 Å². The number of hydrogen-bond donors (Lipinski definition) is 3. The van der Waals surface area contributed by atoms with E-state index in [-0.39, 0.29) is 33.2 Å². The second-order valence-electron chi connectivity index (χ2n) is 6.71. The van der Waals surface area contributed by atoms with Crippen LogP contribution in [0, 0.1) is 0 Å². The van der Waals surface area contributed by atoms with Crippen LogP contribution in [0.25, 0.3) is 11.0 Å². The minimum atomic E-state index is -4.10. The minimum absolute atomic E-state index is 0.00580. The van der Waals surface area contributed by atoms with Crippen molar-refractivity contribution in [2.75, 3.05) is 11.9 Å². The molecule has 29 heavy (non-hydrogen) atoms. The summed E-state index contributed by atoms with van der Waals surface area (Å²) in [6.45, 7) is 2.39. The van der Waals surface area contributed by atoms with Crippen LogP contribution in [0.2, 0.25) is 5.02 Å². The Balaban J connectivity index is 1.74. The lowest BCUT2D eigenvalue weighted by atomic mass is 10.2. The smallest absolute Gasteiger partial charge is 0.274 e. The predicted molar refractivity (Wildman–Crippen MR) is 108 cm³/mol. The first-order valence-corrected chi connectivity index (χ1v) is 10.5. The Morgan fingerprint density at radius 3 is 2.79 bits per heavy atom. The highest BCUT2D eigenvalue weighted by Gasteiger charge is 2.26. The van der Waals surface area contributed by atoms with Crippen molar-refractivity contribution in [3.63, 3.8) is 0 Å². The third kappa shape index (κ3) is 3.46. The minimum Gasteiger partial charge on any atom is -0.349 e. The van der Waals surface area contributed by atoms with E-state index in [4.69, 9.17) is 16.7 Å². The van der Waals surface area contributed by atoms with Crippen LogP contribution in [0.15, 0.2) is 41.3 Å². The topological polar surface area (TPSA) is 136 Å². The van der Waals surface area contributed by atoms with Crippen LogP contribution in [-0.2, 0) is 10.0 Å². The second kappa shape index (κ2) is 6.83. The molecule has 0 radical (unpaired) electrons. The number of carbonyl (C=O) groups excluding carboxylic acids is 2. The van der Waals surface area contributed by atoms with Crippen molar-refractivity contribution >= 4 is 50.2 Å². The molecule has 1 aliphatic heterocycles. The molecule has 0 aliphatic carbocycles. The zero-order valence-electron chi connectivity index (χ0n) is 15.1. The lowest BCUT2D eigenvalue weighted by Crippen LogP contribution is -2.37. The van der Waals surface area contributed by atoms with Gasteiger partial charge in [0.15, 0.2) is 0 Å². The monoisotopic (exact) mass is 433 g/mol. The van der Waals surface area contributed by atoms with Crippen molar-refractivity contribution in [2.24, 2.45) is 5.14 Å². The van der Waals surface area contributed by atoms with Gasteiger partial charge in [0, 0.05) is 17.0 Å². The van der Waals surface area contributed by atoms with Gasteiger partial charge in [0.2, 0.25) is 10.0 Å². The molecule has 3 heterocycles. The summed E-state index contributed by atoms with van der Waals surface area (Å²) in [5, 5.41) is 11.4. The highest BCUT2D eigenvalue weighted by Crippen LogP contribution is 2.27. The Kier molecular flexibility index (Phi) is 4.56. The number of sulfonamides is 1. The lowest BCUT2D eigenvalue weighted by molar-refractivity contribution is 0.0918. The number of carbonyl (C=O) groups is 2. The van der Waals surface area contributed by atoms with Gasteiger partial charge in [0.1, 0.15) is 21.9 Å². The Hall–Kier alpha value is -2.95. The third-order valence-electron chi connectivity index (χ3n) is 4.65. The van der Waals surface area contributed by atoms with E-state index in [0.29, 0.717) is 17.9 Å². The number of nitrogens with one attached hydrogen (secondary N) is 2. The van der Waals surface area contributed by atoms with Gasteiger partial charge in [-0.25, -0.2) is 18.5 Å². The molecular weight excluding hydrogens is 418 g/mol. The fraction of sp³-hybridized carbons (Fsp3) is 0.167. The highest BCUT2D eigenvalue weighted by atomic mass is 35.5. The normalized spacial score (nSPS) is 16.4. The van der Waals surface area contributed by atoms with Crippen molar-refractivity contribution in [2.45, 2.75) is 17.9 Å². The summed E-state index contributed by atoms with van der Waals surface area (Å²) in [4.78, 5) is 28.9. The molecule has 0 unspecified atom stereocenters. The molecule has 150 valence electrons. The van der Waals surface area contributed by atoms with Crippen LogP contribution in [0.3, 0.4) is 0 Å². The molecular formula is C18H16ClN5O4S. The van der Waals surface area contributed by atoms with Gasteiger partial charge < -0.3 is 15.2 Å². The van der Waals surface area contributed by atoms with E-state index in [1.807, 2.05) is 6.92 Å². The number of pyridine rings is 1. The van der Waals surface area contributed by atoms with Crippen molar-refractivity contribution in [1.29, 1.82) is 0 Å². The van der Waals surface area contributed by atoms with E-state index < -0.39 is 15.9 Å². The Morgan fingerprint density at radius 1 is 1.31 bits per heavy atom. The van der Waals surface area contributed by atoms with E-state index in [1.54, 1.807) is 16.7 Å². The maximum absolute atomic E-state index is 12.7. The Labute approximate surface area is 170 Å². The lowest BCUT2D eigenvalue weighted by Gasteiger charge is -2.23. The molecule has 9 nitrogen and oxygen atoms in total. The summed E-state index contributed by atoms with van der Waals surface area (Å²) < 4.78 is 25.4. The number of benzene rings is 1. The summed E-state index contributed by atoms with van der Waals surface area (Å²) in [6.07, 6.45) is 0. The van der Waals surface area contributed by atoms with Crippen molar-refractivity contribution in [3.8, 4) is 0 Å². The van der Waals surface area contributed by atoms with Crippen LogP contribution < -0.4 is 15.8 Å². The van der Waals surface area contributed by atoms with Crippen LogP contribution in [0.1, 0.15) is 33.9 Å². The summed E-state index contributed by atoms with van der Waals surface area (Å²) >= 11 is 5.84. The SMILES string of the molecule is C[C@@H]1CNC(=O)c2cc3ccc(C(=O)Nc4ccc(Cl)cc4S(N)(=O)=O)nc3n21. The van der Waals surface area contributed by atoms with Gasteiger partial charge in [-0.2, -0.15) is 0 Å². The molecule has 11 heteroatoms. The standard InChI is InChI=1S/C18H16ClN5O4S/c1-9-8-21-18(26)14-6-10-2-4-13(22-16(10)24(9)14)17(25)23-12-5-3-11(19)7-15(12)29(20,27)28/h2-7,9H,8H2,1H3,(H,21,26)(H,23,25)(H2,20,27,28)/t9-/m1/s1. The predicted octanol–water partition coefficient (Wildman–Crippen LogP) is 1.89. The maximum atomic E-state index is 12.7. The van der Waals surface area contributed by atoms with E-state index in [0.717, 1.165) is 11.5 Å². The molecule has 1 aliphatic rings. The molecule has 1 aromatic carbocycles. The molecule has 2 aromatic heterocycles. The Bertz CT molecular complexity index is 1280. The average molecular weight is 434 g/mol. The van der Waals surface area contributed by atoms with Crippen molar-refractivity contribution < 1.29 is 18.0 Å². The van der Waals surface area contributed by atoms with E-state index in [9.17, 15) is 18.0 Å².